The fraction of sp³-hybridized carbons (Fsp3) is 0.467. The molecule has 1 aliphatic rings. The summed E-state index contributed by atoms with van der Waals surface area (Å²) in [6.45, 7) is 3.27. The molecule has 1 atom stereocenters. The maximum Gasteiger partial charge on any atom is 0.310 e. The third-order valence-electron chi connectivity index (χ3n) is 3.42. The normalized spacial score (nSPS) is 18.7. The number of carbonyl (C=O) groups is 2. The van der Waals surface area contributed by atoms with E-state index >= 15 is 0 Å². The molecule has 1 amide bonds. The lowest BCUT2D eigenvalue weighted by molar-refractivity contribution is -0.149. The number of hydrogen-bond donors (Lipinski definition) is 0. The summed E-state index contributed by atoms with van der Waals surface area (Å²) in [6, 6.07) is 6.81. The van der Waals surface area contributed by atoms with Gasteiger partial charge in [-0.2, -0.15) is 0 Å². The van der Waals surface area contributed by atoms with E-state index in [0.29, 0.717) is 30.3 Å². The smallest absolute Gasteiger partial charge is 0.310 e. The summed E-state index contributed by atoms with van der Waals surface area (Å²) >= 11 is 5.82. The number of halogens is 1. The second-order valence-electron chi connectivity index (χ2n) is 4.85. The lowest BCUT2D eigenvalue weighted by atomic mass is 9.97. The molecular weight excluding hydrogens is 278 g/mol. The first-order valence-corrected chi connectivity index (χ1v) is 7.21. The van der Waals surface area contributed by atoms with Crippen LogP contribution in [-0.4, -0.2) is 36.5 Å². The van der Waals surface area contributed by atoms with Crippen molar-refractivity contribution >= 4 is 23.5 Å². The van der Waals surface area contributed by atoms with Crippen molar-refractivity contribution in [1.29, 1.82) is 0 Å². The molecular formula is C15H18ClNO3. The lowest BCUT2D eigenvalue weighted by Crippen LogP contribution is -2.42. The van der Waals surface area contributed by atoms with Crippen LogP contribution in [0.25, 0.3) is 0 Å². The van der Waals surface area contributed by atoms with Gasteiger partial charge in [0.2, 0.25) is 0 Å². The highest BCUT2D eigenvalue weighted by Crippen LogP contribution is 2.20. The molecule has 4 nitrogen and oxygen atoms in total. The zero-order valence-corrected chi connectivity index (χ0v) is 12.2. The van der Waals surface area contributed by atoms with Crippen molar-refractivity contribution in [2.24, 2.45) is 5.92 Å². The molecule has 2 rings (SSSR count). The number of carbonyl (C=O) groups excluding carboxylic acids is 2. The minimum atomic E-state index is -0.208. The third-order valence-corrected chi connectivity index (χ3v) is 3.67. The molecule has 0 spiro atoms. The summed E-state index contributed by atoms with van der Waals surface area (Å²) in [6.07, 6.45) is 1.60. The number of nitrogens with zero attached hydrogens (tertiary/aromatic N) is 1. The van der Waals surface area contributed by atoms with Crippen molar-refractivity contribution < 1.29 is 14.3 Å². The molecule has 0 N–H and O–H groups in total. The van der Waals surface area contributed by atoms with E-state index < -0.39 is 0 Å². The highest BCUT2D eigenvalue weighted by Gasteiger charge is 2.29. The van der Waals surface area contributed by atoms with Crippen molar-refractivity contribution in [2.45, 2.75) is 19.8 Å². The third kappa shape index (κ3) is 3.51. The minimum absolute atomic E-state index is 0.0596. The Morgan fingerprint density at radius 2 is 2.05 bits per heavy atom. The molecule has 1 aromatic carbocycles. The van der Waals surface area contributed by atoms with Crippen LogP contribution >= 0.6 is 11.6 Å². The summed E-state index contributed by atoms with van der Waals surface area (Å²) in [5, 5.41) is 0.601. The Morgan fingerprint density at radius 3 is 2.70 bits per heavy atom. The van der Waals surface area contributed by atoms with E-state index in [1.165, 1.54) is 0 Å². The van der Waals surface area contributed by atoms with Gasteiger partial charge < -0.3 is 9.64 Å². The van der Waals surface area contributed by atoms with Gasteiger partial charge in [-0.15, -0.1) is 0 Å². The van der Waals surface area contributed by atoms with Gasteiger partial charge in [-0.1, -0.05) is 11.6 Å². The van der Waals surface area contributed by atoms with Crippen molar-refractivity contribution in [1.82, 2.24) is 4.90 Å². The van der Waals surface area contributed by atoms with E-state index in [9.17, 15) is 9.59 Å². The van der Waals surface area contributed by atoms with Gasteiger partial charge in [-0.3, -0.25) is 9.59 Å². The van der Waals surface area contributed by atoms with E-state index in [2.05, 4.69) is 0 Å². The predicted molar refractivity (Wildman–Crippen MR) is 76.7 cm³/mol. The molecule has 0 unspecified atom stereocenters. The van der Waals surface area contributed by atoms with Crippen molar-refractivity contribution in [3.05, 3.63) is 34.9 Å². The fourth-order valence-electron chi connectivity index (χ4n) is 2.39. The van der Waals surface area contributed by atoms with Crippen molar-refractivity contribution in [3.63, 3.8) is 0 Å². The largest absolute Gasteiger partial charge is 0.466 e. The van der Waals surface area contributed by atoms with Crippen molar-refractivity contribution in [3.8, 4) is 0 Å². The highest BCUT2D eigenvalue weighted by molar-refractivity contribution is 6.30. The summed E-state index contributed by atoms with van der Waals surface area (Å²) in [7, 11) is 0. The molecule has 1 aliphatic heterocycles. The lowest BCUT2D eigenvalue weighted by Gasteiger charge is -2.31. The number of esters is 1. The summed E-state index contributed by atoms with van der Waals surface area (Å²) in [5.74, 6) is -0.475. The second kappa shape index (κ2) is 6.75. The maximum atomic E-state index is 12.4. The van der Waals surface area contributed by atoms with Gasteiger partial charge >= 0.3 is 5.97 Å². The average Bonchev–Trinajstić information content (AvgIpc) is 2.48. The van der Waals surface area contributed by atoms with E-state index in [1.54, 1.807) is 36.1 Å². The average molecular weight is 296 g/mol. The predicted octanol–water partition coefficient (Wildman–Crippen LogP) is 2.76. The molecule has 0 aliphatic carbocycles. The van der Waals surface area contributed by atoms with E-state index in [4.69, 9.17) is 16.3 Å². The quantitative estimate of drug-likeness (QED) is 0.806. The fourth-order valence-corrected chi connectivity index (χ4v) is 2.52. The van der Waals surface area contributed by atoms with E-state index in [0.717, 1.165) is 12.8 Å². The van der Waals surface area contributed by atoms with Gasteiger partial charge in [-0.05, 0) is 44.0 Å². The van der Waals surface area contributed by atoms with Crippen LogP contribution in [0.3, 0.4) is 0 Å². The summed E-state index contributed by atoms with van der Waals surface area (Å²) in [4.78, 5) is 25.9. The zero-order valence-electron chi connectivity index (χ0n) is 11.5. The number of rotatable bonds is 3. The Hall–Kier alpha value is -1.55. The Bertz CT molecular complexity index is 486. The SMILES string of the molecule is CCOC(=O)[C@@H]1CCCN(C(=O)c2ccc(Cl)cc2)C1. The molecule has 0 radical (unpaired) electrons. The topological polar surface area (TPSA) is 46.6 Å². The molecule has 1 aromatic rings. The number of piperidine rings is 1. The molecule has 1 saturated heterocycles. The first-order chi connectivity index (χ1) is 9.61. The number of benzene rings is 1. The van der Waals surface area contributed by atoms with E-state index in [-0.39, 0.29) is 17.8 Å². The van der Waals surface area contributed by atoms with Gasteiger partial charge in [0.05, 0.1) is 12.5 Å². The molecule has 1 fully saturated rings. The zero-order chi connectivity index (χ0) is 14.5. The molecule has 0 aromatic heterocycles. The molecule has 20 heavy (non-hydrogen) atoms. The van der Waals surface area contributed by atoms with Crippen LogP contribution in [0.1, 0.15) is 30.1 Å². The van der Waals surface area contributed by atoms with Crippen LogP contribution in [0.4, 0.5) is 0 Å². The van der Waals surface area contributed by atoms with Crippen LogP contribution < -0.4 is 0 Å². The van der Waals surface area contributed by atoms with Gasteiger partial charge in [0.25, 0.3) is 5.91 Å². The molecule has 0 bridgehead atoms. The second-order valence-corrected chi connectivity index (χ2v) is 5.29. The Kier molecular flexibility index (Phi) is 5.01. The van der Waals surface area contributed by atoms with Crippen LogP contribution in [-0.2, 0) is 9.53 Å². The minimum Gasteiger partial charge on any atom is -0.466 e. The van der Waals surface area contributed by atoms with Gasteiger partial charge in [-0.25, -0.2) is 0 Å². The molecule has 108 valence electrons. The summed E-state index contributed by atoms with van der Waals surface area (Å²) in [5.41, 5.74) is 0.596. The molecule has 0 saturated carbocycles. The number of ether oxygens (including phenoxy) is 1. The molecule has 5 heteroatoms. The van der Waals surface area contributed by atoms with Crippen LogP contribution in [0.2, 0.25) is 5.02 Å². The standard InChI is InChI=1S/C15H18ClNO3/c1-2-20-15(19)12-4-3-9-17(10-12)14(18)11-5-7-13(16)8-6-11/h5-8,12H,2-4,9-10H2,1H3/t12-/m1/s1. The van der Waals surface area contributed by atoms with Gasteiger partial charge in [0, 0.05) is 23.7 Å². The Balaban J connectivity index is 2.03. The Morgan fingerprint density at radius 1 is 1.35 bits per heavy atom. The summed E-state index contributed by atoms with van der Waals surface area (Å²) < 4.78 is 5.04. The van der Waals surface area contributed by atoms with Crippen molar-refractivity contribution in [2.75, 3.05) is 19.7 Å². The maximum absolute atomic E-state index is 12.4. The monoisotopic (exact) mass is 295 g/mol. The first kappa shape index (κ1) is 14.9. The number of hydrogen-bond acceptors (Lipinski definition) is 3. The van der Waals surface area contributed by atoms with Crippen LogP contribution in [0.15, 0.2) is 24.3 Å². The highest BCUT2D eigenvalue weighted by atomic mass is 35.5. The van der Waals surface area contributed by atoms with Crippen LogP contribution in [0, 0.1) is 5.92 Å². The van der Waals surface area contributed by atoms with Gasteiger partial charge in [0.1, 0.15) is 0 Å². The number of amides is 1. The van der Waals surface area contributed by atoms with Crippen LogP contribution in [0.5, 0.6) is 0 Å². The molecule has 1 heterocycles. The first-order valence-electron chi connectivity index (χ1n) is 6.83. The van der Waals surface area contributed by atoms with Gasteiger partial charge in [0.15, 0.2) is 0 Å². The van der Waals surface area contributed by atoms with E-state index in [1.807, 2.05) is 0 Å². The number of likely N-dealkylation sites (tertiary alicyclic amines) is 1. The Labute approximate surface area is 123 Å².